The van der Waals surface area contributed by atoms with E-state index in [4.69, 9.17) is 0 Å². The number of Topliss-reactive ketones (excluding diaryl/α,β-unsaturated/α-hetero) is 1. The van der Waals surface area contributed by atoms with Gasteiger partial charge in [0.15, 0.2) is 11.5 Å². The first kappa shape index (κ1) is 21.4. The fraction of sp³-hybridized carbons (Fsp3) is 0.120. The number of hydrogen-bond donors (Lipinski definition) is 1. The minimum Gasteiger partial charge on any atom is -0.503 e. The van der Waals surface area contributed by atoms with Gasteiger partial charge in [-0.25, -0.2) is 13.2 Å². The molecule has 1 aliphatic heterocycles. The molecule has 0 bridgehead atoms. The van der Waals surface area contributed by atoms with E-state index in [0.717, 1.165) is 34.7 Å². The van der Waals surface area contributed by atoms with Crippen LogP contribution in [0.5, 0.6) is 0 Å². The lowest BCUT2D eigenvalue weighted by molar-refractivity contribution is -0.118. The molecule has 32 heavy (non-hydrogen) atoms. The number of aliphatic hydroxyl groups excluding tert-OH is 1. The summed E-state index contributed by atoms with van der Waals surface area (Å²) in [4.78, 5) is 26.9. The molecular formula is C25H18F3NO3. The van der Waals surface area contributed by atoms with Gasteiger partial charge in [-0.3, -0.25) is 14.5 Å². The Morgan fingerprint density at radius 1 is 0.906 bits per heavy atom. The van der Waals surface area contributed by atoms with Crippen LogP contribution < -0.4 is 4.90 Å². The van der Waals surface area contributed by atoms with Gasteiger partial charge in [0.25, 0.3) is 5.91 Å². The highest BCUT2D eigenvalue weighted by Crippen LogP contribution is 2.42. The number of halogens is 3. The SMILES string of the molecule is O=C(CCc1ccccc1)C1=C(O)C(=O)N(c2ccc(F)cc2F)C1c1ccc(F)cc1. The molecular weight excluding hydrogens is 419 g/mol. The summed E-state index contributed by atoms with van der Waals surface area (Å²) in [6.45, 7) is 0. The lowest BCUT2D eigenvalue weighted by Crippen LogP contribution is -2.31. The fourth-order valence-corrected chi connectivity index (χ4v) is 3.81. The number of aliphatic hydroxyl groups is 1. The Kier molecular flexibility index (Phi) is 5.81. The van der Waals surface area contributed by atoms with E-state index in [1.54, 1.807) is 0 Å². The number of benzene rings is 3. The van der Waals surface area contributed by atoms with Gasteiger partial charge in [0.2, 0.25) is 0 Å². The van der Waals surface area contributed by atoms with E-state index < -0.39 is 40.9 Å². The largest absolute Gasteiger partial charge is 0.503 e. The maximum Gasteiger partial charge on any atom is 0.294 e. The molecule has 0 saturated heterocycles. The van der Waals surface area contributed by atoms with E-state index in [9.17, 15) is 27.9 Å². The molecule has 1 unspecified atom stereocenters. The number of aryl methyl sites for hydroxylation is 1. The molecule has 1 heterocycles. The molecule has 4 rings (SSSR count). The van der Waals surface area contributed by atoms with E-state index in [2.05, 4.69) is 0 Å². The van der Waals surface area contributed by atoms with E-state index in [-0.39, 0.29) is 17.7 Å². The summed E-state index contributed by atoms with van der Waals surface area (Å²) in [5.74, 6) is -4.71. The van der Waals surface area contributed by atoms with E-state index in [0.29, 0.717) is 18.1 Å². The van der Waals surface area contributed by atoms with Crippen molar-refractivity contribution in [3.05, 3.63) is 113 Å². The Balaban J connectivity index is 1.75. The number of hydrogen-bond acceptors (Lipinski definition) is 3. The molecule has 1 atom stereocenters. The first-order valence-corrected chi connectivity index (χ1v) is 9.91. The van der Waals surface area contributed by atoms with Crippen LogP contribution in [-0.4, -0.2) is 16.8 Å². The second-order valence-electron chi connectivity index (χ2n) is 7.40. The first-order valence-electron chi connectivity index (χ1n) is 9.91. The average Bonchev–Trinajstić information content (AvgIpc) is 3.04. The third kappa shape index (κ3) is 4.01. The van der Waals surface area contributed by atoms with Gasteiger partial charge in [-0.05, 0) is 41.8 Å². The smallest absolute Gasteiger partial charge is 0.294 e. The van der Waals surface area contributed by atoms with Gasteiger partial charge < -0.3 is 5.11 Å². The second kappa shape index (κ2) is 8.70. The molecule has 3 aromatic rings. The number of rotatable bonds is 6. The van der Waals surface area contributed by atoms with Crippen LogP contribution in [0.25, 0.3) is 0 Å². The van der Waals surface area contributed by atoms with Crippen molar-refractivity contribution < 1.29 is 27.9 Å². The number of carbonyl (C=O) groups is 2. The fourth-order valence-electron chi connectivity index (χ4n) is 3.81. The van der Waals surface area contributed by atoms with Gasteiger partial charge in [0, 0.05) is 12.5 Å². The van der Waals surface area contributed by atoms with E-state index in [1.807, 2.05) is 30.3 Å². The monoisotopic (exact) mass is 437 g/mol. The van der Waals surface area contributed by atoms with Crippen LogP contribution in [0.1, 0.15) is 23.6 Å². The summed E-state index contributed by atoms with van der Waals surface area (Å²) < 4.78 is 41.5. The maximum atomic E-state index is 14.6. The third-order valence-corrected chi connectivity index (χ3v) is 5.35. The van der Waals surface area contributed by atoms with Crippen LogP contribution in [0.4, 0.5) is 18.9 Å². The zero-order valence-electron chi connectivity index (χ0n) is 16.8. The van der Waals surface area contributed by atoms with Crippen molar-refractivity contribution in [2.24, 2.45) is 0 Å². The Morgan fingerprint density at radius 2 is 1.56 bits per heavy atom. The molecule has 3 aromatic carbocycles. The summed E-state index contributed by atoms with van der Waals surface area (Å²) in [5.41, 5.74) is 0.685. The van der Waals surface area contributed by atoms with Gasteiger partial charge in [0.1, 0.15) is 17.5 Å². The Bertz CT molecular complexity index is 1210. The third-order valence-electron chi connectivity index (χ3n) is 5.35. The zero-order chi connectivity index (χ0) is 22.8. The number of amides is 1. The maximum absolute atomic E-state index is 14.6. The van der Waals surface area contributed by atoms with Gasteiger partial charge >= 0.3 is 0 Å². The van der Waals surface area contributed by atoms with E-state index in [1.165, 1.54) is 12.1 Å². The highest BCUT2D eigenvalue weighted by molar-refractivity contribution is 6.16. The minimum absolute atomic E-state index is 0.00583. The van der Waals surface area contributed by atoms with Crippen LogP contribution in [0.3, 0.4) is 0 Å². The molecule has 0 fully saturated rings. The van der Waals surface area contributed by atoms with Crippen LogP contribution >= 0.6 is 0 Å². The molecule has 1 N–H and O–H groups in total. The van der Waals surface area contributed by atoms with Crippen LogP contribution in [0.15, 0.2) is 84.1 Å². The van der Waals surface area contributed by atoms with Crippen molar-refractivity contribution in [1.82, 2.24) is 0 Å². The normalized spacial score (nSPS) is 16.0. The predicted octanol–water partition coefficient (Wildman–Crippen LogP) is 5.21. The second-order valence-corrected chi connectivity index (χ2v) is 7.40. The van der Waals surface area contributed by atoms with Crippen molar-refractivity contribution in [2.45, 2.75) is 18.9 Å². The Hall–Kier alpha value is -3.87. The van der Waals surface area contributed by atoms with Gasteiger partial charge in [-0.15, -0.1) is 0 Å². The highest BCUT2D eigenvalue weighted by atomic mass is 19.1. The number of ketones is 1. The van der Waals surface area contributed by atoms with Gasteiger partial charge in [0.05, 0.1) is 17.3 Å². The molecule has 0 aromatic heterocycles. The standard InChI is InChI=1S/C25H18F3NO3/c26-17-9-7-16(8-10-17)23-22(21(30)13-6-15-4-2-1-3-5-15)24(31)25(32)29(23)20-12-11-18(27)14-19(20)28/h1-5,7-12,14,23,31H,6,13H2. The molecule has 0 aliphatic carbocycles. The molecule has 1 aliphatic rings. The Labute approximate surface area is 182 Å². The summed E-state index contributed by atoms with van der Waals surface area (Å²) in [6, 6.07) is 15.6. The van der Waals surface area contributed by atoms with Crippen molar-refractivity contribution >= 4 is 17.4 Å². The quantitative estimate of drug-likeness (QED) is 0.576. The van der Waals surface area contributed by atoms with Crippen molar-refractivity contribution in [1.29, 1.82) is 0 Å². The molecule has 0 radical (unpaired) electrons. The lowest BCUT2D eigenvalue weighted by Gasteiger charge is -2.27. The molecule has 1 amide bonds. The predicted molar refractivity (Wildman–Crippen MR) is 112 cm³/mol. The van der Waals surface area contributed by atoms with Crippen molar-refractivity contribution in [3.8, 4) is 0 Å². The van der Waals surface area contributed by atoms with Crippen molar-refractivity contribution in [2.75, 3.05) is 4.90 Å². The van der Waals surface area contributed by atoms with Crippen LogP contribution in [-0.2, 0) is 16.0 Å². The molecule has 4 nitrogen and oxygen atoms in total. The number of carbonyl (C=O) groups excluding carboxylic acids is 2. The first-order chi connectivity index (χ1) is 15.4. The minimum atomic E-state index is -1.19. The number of anilines is 1. The summed E-state index contributed by atoms with van der Waals surface area (Å²) >= 11 is 0. The van der Waals surface area contributed by atoms with Crippen LogP contribution in [0, 0.1) is 17.5 Å². The summed E-state index contributed by atoms with van der Waals surface area (Å²) in [7, 11) is 0. The van der Waals surface area contributed by atoms with E-state index >= 15 is 0 Å². The van der Waals surface area contributed by atoms with Gasteiger partial charge in [-0.2, -0.15) is 0 Å². The average molecular weight is 437 g/mol. The summed E-state index contributed by atoms with van der Waals surface area (Å²) in [5, 5.41) is 10.6. The molecule has 0 saturated carbocycles. The molecule has 7 heteroatoms. The summed E-state index contributed by atoms with van der Waals surface area (Å²) in [6.07, 6.45) is 0.361. The number of nitrogens with zero attached hydrogens (tertiary/aromatic N) is 1. The van der Waals surface area contributed by atoms with Crippen LogP contribution in [0.2, 0.25) is 0 Å². The molecule has 162 valence electrons. The Morgan fingerprint density at radius 3 is 2.22 bits per heavy atom. The van der Waals surface area contributed by atoms with Crippen molar-refractivity contribution in [3.63, 3.8) is 0 Å². The molecule has 0 spiro atoms. The zero-order valence-corrected chi connectivity index (χ0v) is 16.8. The van der Waals surface area contributed by atoms with Gasteiger partial charge in [-0.1, -0.05) is 42.5 Å². The topological polar surface area (TPSA) is 57.6 Å². The lowest BCUT2D eigenvalue weighted by atomic mass is 9.93. The highest BCUT2D eigenvalue weighted by Gasteiger charge is 2.45.